The van der Waals surface area contributed by atoms with Crippen LogP contribution < -0.4 is 0 Å². The Morgan fingerprint density at radius 1 is 0.773 bits per heavy atom. The number of aryl methyl sites for hydroxylation is 2. The van der Waals surface area contributed by atoms with Gasteiger partial charge in [-0.3, -0.25) is 0 Å². The lowest BCUT2D eigenvalue weighted by Crippen LogP contribution is -2.01. The van der Waals surface area contributed by atoms with Crippen LogP contribution in [0.2, 0.25) is 0 Å². The molecule has 0 saturated carbocycles. The molecule has 2 aromatic carbocycles. The first-order valence-corrected chi connectivity index (χ1v) is 7.23. The lowest BCUT2D eigenvalue weighted by Gasteiger charge is -2.15. The number of hydrogen-bond donors (Lipinski definition) is 4. The average Bonchev–Trinajstić information content (AvgIpc) is 2.49. The fourth-order valence-electron chi connectivity index (χ4n) is 2.80. The minimum absolute atomic E-state index is 0.126. The highest BCUT2D eigenvalue weighted by molar-refractivity contribution is 5.51. The van der Waals surface area contributed by atoms with Crippen LogP contribution in [-0.4, -0.2) is 20.4 Å². The Kier molecular flexibility index (Phi) is 4.74. The summed E-state index contributed by atoms with van der Waals surface area (Å²) in [7, 11) is 0. The molecule has 0 radical (unpaired) electrons. The van der Waals surface area contributed by atoms with E-state index < -0.39 is 0 Å². The molecule has 2 aromatic rings. The van der Waals surface area contributed by atoms with E-state index in [0.717, 1.165) is 27.8 Å². The van der Waals surface area contributed by atoms with E-state index in [0.29, 0.717) is 17.5 Å². The smallest absolute Gasteiger partial charge is 0.124 e. The Bertz CT molecular complexity index is 705. The van der Waals surface area contributed by atoms with E-state index in [1.807, 2.05) is 19.1 Å². The highest BCUT2D eigenvalue weighted by Crippen LogP contribution is 2.31. The van der Waals surface area contributed by atoms with Gasteiger partial charge in [-0.25, -0.2) is 0 Å². The normalized spacial score (nSPS) is 11.0. The SMILES string of the molecule is Cc1cc(Cc2cc(C)c(O)c(CO)c2C)cc(CO)c1O. The quantitative estimate of drug-likeness (QED) is 0.700. The summed E-state index contributed by atoms with van der Waals surface area (Å²) in [6.07, 6.45) is 0.605. The Hall–Kier alpha value is -2.04. The van der Waals surface area contributed by atoms with E-state index in [4.69, 9.17) is 0 Å². The molecule has 4 heteroatoms. The minimum atomic E-state index is -0.212. The largest absolute Gasteiger partial charge is 0.507 e. The zero-order chi connectivity index (χ0) is 16.4. The van der Waals surface area contributed by atoms with Gasteiger partial charge in [0, 0.05) is 11.1 Å². The third-order valence-electron chi connectivity index (χ3n) is 4.15. The van der Waals surface area contributed by atoms with Crippen molar-refractivity contribution in [3.05, 3.63) is 57.1 Å². The molecular formula is C18H22O4. The second-order valence-electron chi connectivity index (χ2n) is 5.72. The monoisotopic (exact) mass is 302 g/mol. The van der Waals surface area contributed by atoms with Crippen molar-refractivity contribution in [1.82, 2.24) is 0 Å². The van der Waals surface area contributed by atoms with Crippen molar-refractivity contribution in [2.24, 2.45) is 0 Å². The third kappa shape index (κ3) is 2.93. The topological polar surface area (TPSA) is 80.9 Å². The van der Waals surface area contributed by atoms with Gasteiger partial charge in [0.15, 0.2) is 0 Å². The van der Waals surface area contributed by atoms with Gasteiger partial charge in [-0.1, -0.05) is 12.1 Å². The van der Waals surface area contributed by atoms with Crippen molar-refractivity contribution in [2.45, 2.75) is 40.4 Å². The molecule has 0 aliphatic carbocycles. The van der Waals surface area contributed by atoms with Crippen molar-refractivity contribution in [2.75, 3.05) is 0 Å². The molecule has 118 valence electrons. The molecule has 2 rings (SSSR count). The van der Waals surface area contributed by atoms with Crippen molar-refractivity contribution in [3.63, 3.8) is 0 Å². The van der Waals surface area contributed by atoms with Crippen LogP contribution in [0, 0.1) is 20.8 Å². The van der Waals surface area contributed by atoms with Crippen molar-refractivity contribution in [1.29, 1.82) is 0 Å². The first-order valence-electron chi connectivity index (χ1n) is 7.23. The first-order chi connectivity index (χ1) is 10.4. The molecule has 0 aromatic heterocycles. The van der Waals surface area contributed by atoms with Gasteiger partial charge in [0.2, 0.25) is 0 Å². The summed E-state index contributed by atoms with van der Waals surface area (Å²) < 4.78 is 0. The molecule has 4 nitrogen and oxygen atoms in total. The van der Waals surface area contributed by atoms with Gasteiger partial charge < -0.3 is 20.4 Å². The Morgan fingerprint density at radius 2 is 1.41 bits per heavy atom. The molecule has 0 spiro atoms. The molecule has 0 aliphatic heterocycles. The van der Waals surface area contributed by atoms with E-state index in [1.54, 1.807) is 19.9 Å². The van der Waals surface area contributed by atoms with Gasteiger partial charge in [-0.2, -0.15) is 0 Å². The molecule has 22 heavy (non-hydrogen) atoms. The molecule has 0 amide bonds. The predicted octanol–water partition coefficient (Wildman–Crippen LogP) is 2.60. The molecule has 0 saturated heterocycles. The van der Waals surface area contributed by atoms with Crippen LogP contribution in [0.4, 0.5) is 0 Å². The molecular weight excluding hydrogens is 280 g/mol. The minimum Gasteiger partial charge on any atom is -0.507 e. The van der Waals surface area contributed by atoms with Crippen LogP contribution >= 0.6 is 0 Å². The van der Waals surface area contributed by atoms with Gasteiger partial charge in [-0.15, -0.1) is 0 Å². The number of benzene rings is 2. The molecule has 4 N–H and O–H groups in total. The third-order valence-corrected chi connectivity index (χ3v) is 4.15. The Morgan fingerprint density at radius 3 is 2.00 bits per heavy atom. The molecule has 0 heterocycles. The zero-order valence-corrected chi connectivity index (χ0v) is 13.1. The Labute approximate surface area is 130 Å². The van der Waals surface area contributed by atoms with Crippen LogP contribution in [0.1, 0.15) is 38.9 Å². The summed E-state index contributed by atoms with van der Waals surface area (Å²) in [4.78, 5) is 0. The highest BCUT2D eigenvalue weighted by Gasteiger charge is 2.13. The summed E-state index contributed by atoms with van der Waals surface area (Å²) in [5.74, 6) is 0.266. The van der Waals surface area contributed by atoms with E-state index in [2.05, 4.69) is 0 Å². The van der Waals surface area contributed by atoms with Crippen LogP contribution in [0.25, 0.3) is 0 Å². The van der Waals surface area contributed by atoms with Crippen LogP contribution in [0.3, 0.4) is 0 Å². The van der Waals surface area contributed by atoms with Crippen LogP contribution in [0.15, 0.2) is 18.2 Å². The second-order valence-corrected chi connectivity index (χ2v) is 5.72. The number of hydrogen-bond acceptors (Lipinski definition) is 4. The maximum atomic E-state index is 10.0. The summed E-state index contributed by atoms with van der Waals surface area (Å²) in [6, 6.07) is 5.57. The lowest BCUT2D eigenvalue weighted by atomic mass is 9.92. The maximum absolute atomic E-state index is 10.0. The average molecular weight is 302 g/mol. The van der Waals surface area contributed by atoms with Gasteiger partial charge in [0.05, 0.1) is 13.2 Å². The van der Waals surface area contributed by atoms with Crippen molar-refractivity contribution in [3.8, 4) is 11.5 Å². The van der Waals surface area contributed by atoms with Crippen LogP contribution in [0.5, 0.6) is 11.5 Å². The molecule has 0 aliphatic rings. The summed E-state index contributed by atoms with van der Waals surface area (Å²) >= 11 is 0. The summed E-state index contributed by atoms with van der Waals surface area (Å²) in [5, 5.41) is 38.7. The van der Waals surface area contributed by atoms with Crippen LogP contribution in [-0.2, 0) is 19.6 Å². The zero-order valence-electron chi connectivity index (χ0n) is 13.1. The van der Waals surface area contributed by atoms with Gasteiger partial charge >= 0.3 is 0 Å². The summed E-state index contributed by atoms with van der Waals surface area (Å²) in [5.41, 5.74) is 5.34. The fourth-order valence-corrected chi connectivity index (χ4v) is 2.80. The maximum Gasteiger partial charge on any atom is 0.124 e. The van der Waals surface area contributed by atoms with E-state index in [1.165, 1.54) is 0 Å². The lowest BCUT2D eigenvalue weighted by molar-refractivity contribution is 0.274. The van der Waals surface area contributed by atoms with Gasteiger partial charge in [0.1, 0.15) is 11.5 Å². The van der Waals surface area contributed by atoms with E-state index >= 15 is 0 Å². The Balaban J connectivity index is 2.48. The first kappa shape index (κ1) is 16.3. The van der Waals surface area contributed by atoms with Crippen molar-refractivity contribution < 1.29 is 20.4 Å². The number of phenols is 2. The van der Waals surface area contributed by atoms with E-state index in [9.17, 15) is 20.4 Å². The molecule has 0 fully saturated rings. The predicted molar refractivity (Wildman–Crippen MR) is 85.1 cm³/mol. The molecule has 0 bridgehead atoms. The second kappa shape index (κ2) is 6.38. The summed E-state index contributed by atoms with van der Waals surface area (Å²) in [6.45, 7) is 5.06. The molecule has 0 atom stereocenters. The van der Waals surface area contributed by atoms with Gasteiger partial charge in [0.25, 0.3) is 0 Å². The number of rotatable bonds is 4. The standard InChI is InChI=1S/C18H22O4/c1-10-4-13(7-15(8-19)17(10)21)6-14-5-11(2)18(22)16(9-20)12(14)3/h4-5,7,19-22H,6,8-9H2,1-3H3. The highest BCUT2D eigenvalue weighted by atomic mass is 16.3. The molecule has 0 unspecified atom stereocenters. The van der Waals surface area contributed by atoms with E-state index in [-0.39, 0.29) is 24.7 Å². The number of aliphatic hydroxyl groups is 2. The van der Waals surface area contributed by atoms with Crippen molar-refractivity contribution >= 4 is 0 Å². The number of aromatic hydroxyl groups is 2. The van der Waals surface area contributed by atoms with Gasteiger partial charge in [-0.05, 0) is 61.1 Å². The fraction of sp³-hybridized carbons (Fsp3) is 0.333. The number of aliphatic hydroxyl groups excluding tert-OH is 2.